The number of hydrogen-bond donors (Lipinski definition) is 0. The van der Waals surface area contributed by atoms with Crippen LogP contribution in [0.1, 0.15) is 18.4 Å². The first-order valence-electron chi connectivity index (χ1n) is 5.72. The zero-order valence-corrected chi connectivity index (χ0v) is 10.5. The Hall–Kier alpha value is -1.06. The summed E-state index contributed by atoms with van der Waals surface area (Å²) in [6, 6.07) is 5.24. The number of ether oxygens (including phenoxy) is 2. The number of esters is 1. The minimum absolute atomic E-state index is 0.0428. The van der Waals surface area contributed by atoms with E-state index in [4.69, 9.17) is 21.1 Å². The van der Waals surface area contributed by atoms with Crippen LogP contribution in [0.2, 0.25) is 5.02 Å². The summed E-state index contributed by atoms with van der Waals surface area (Å²) in [6.45, 7) is 3.15. The molecule has 1 aliphatic rings. The van der Waals surface area contributed by atoms with Crippen LogP contribution >= 0.6 is 11.6 Å². The number of aryl methyl sites for hydroxylation is 1. The number of rotatable bonds is 2. The molecular weight excluding hydrogens is 240 g/mol. The summed E-state index contributed by atoms with van der Waals surface area (Å²) >= 11 is 5.85. The second-order valence-electron chi connectivity index (χ2n) is 4.22. The molecule has 1 fully saturated rings. The first kappa shape index (κ1) is 12.4. The molecule has 0 spiro atoms. The third-order valence-electron chi connectivity index (χ3n) is 2.90. The monoisotopic (exact) mass is 254 g/mol. The van der Waals surface area contributed by atoms with Gasteiger partial charge in [-0.25, -0.2) is 0 Å². The molecule has 0 aromatic heterocycles. The summed E-state index contributed by atoms with van der Waals surface area (Å²) in [6.07, 6.45) is 1.48. The van der Waals surface area contributed by atoms with Crippen LogP contribution < -0.4 is 4.74 Å². The fourth-order valence-electron chi connectivity index (χ4n) is 1.85. The molecule has 0 radical (unpaired) electrons. The van der Waals surface area contributed by atoms with Gasteiger partial charge in [-0.05, 0) is 43.5 Å². The average molecular weight is 255 g/mol. The fourth-order valence-corrected chi connectivity index (χ4v) is 2.08. The van der Waals surface area contributed by atoms with E-state index >= 15 is 0 Å². The largest absolute Gasteiger partial charge is 0.426 e. The van der Waals surface area contributed by atoms with Crippen molar-refractivity contribution in [2.24, 2.45) is 5.92 Å². The van der Waals surface area contributed by atoms with E-state index in [9.17, 15) is 4.79 Å². The highest BCUT2D eigenvalue weighted by atomic mass is 35.5. The summed E-state index contributed by atoms with van der Waals surface area (Å²) in [5.74, 6) is 0.378. The molecule has 0 N–H and O–H groups in total. The van der Waals surface area contributed by atoms with Gasteiger partial charge in [0.15, 0.2) is 0 Å². The fraction of sp³-hybridized carbons (Fsp3) is 0.462. The van der Waals surface area contributed by atoms with Gasteiger partial charge in [0.25, 0.3) is 0 Å². The van der Waals surface area contributed by atoms with Gasteiger partial charge in [0.2, 0.25) is 0 Å². The molecule has 92 valence electrons. The van der Waals surface area contributed by atoms with Gasteiger partial charge in [0.1, 0.15) is 5.75 Å². The second-order valence-corrected chi connectivity index (χ2v) is 4.65. The van der Waals surface area contributed by atoms with Crippen molar-refractivity contribution in [1.29, 1.82) is 0 Å². The molecule has 4 heteroatoms. The molecule has 0 amide bonds. The lowest BCUT2D eigenvalue weighted by Gasteiger charge is -2.20. The third kappa shape index (κ3) is 3.20. The van der Waals surface area contributed by atoms with Crippen LogP contribution in [0.5, 0.6) is 5.75 Å². The van der Waals surface area contributed by atoms with Crippen LogP contribution in [0.3, 0.4) is 0 Å². The van der Waals surface area contributed by atoms with Crippen LogP contribution in [0, 0.1) is 12.8 Å². The van der Waals surface area contributed by atoms with Gasteiger partial charge in [-0.3, -0.25) is 4.79 Å². The number of carbonyl (C=O) groups excluding carboxylic acids is 1. The van der Waals surface area contributed by atoms with Gasteiger partial charge in [-0.2, -0.15) is 0 Å². The quantitative estimate of drug-likeness (QED) is 0.601. The van der Waals surface area contributed by atoms with Crippen molar-refractivity contribution in [2.45, 2.75) is 19.8 Å². The van der Waals surface area contributed by atoms with Crippen LogP contribution in [-0.4, -0.2) is 19.2 Å². The summed E-state index contributed by atoms with van der Waals surface area (Å²) < 4.78 is 10.6. The maximum Gasteiger partial charge on any atom is 0.314 e. The SMILES string of the molecule is Cc1cc(Cl)ccc1OC(=O)C1CCOCC1. The van der Waals surface area contributed by atoms with Crippen molar-refractivity contribution >= 4 is 17.6 Å². The molecule has 0 saturated carbocycles. The lowest BCUT2D eigenvalue weighted by atomic mass is 10.0. The van der Waals surface area contributed by atoms with Crippen molar-refractivity contribution in [1.82, 2.24) is 0 Å². The Morgan fingerprint density at radius 1 is 1.41 bits per heavy atom. The molecule has 0 bridgehead atoms. The predicted molar refractivity (Wildman–Crippen MR) is 65.4 cm³/mol. The minimum Gasteiger partial charge on any atom is -0.426 e. The Balaban J connectivity index is 2.02. The van der Waals surface area contributed by atoms with E-state index in [1.165, 1.54) is 0 Å². The summed E-state index contributed by atoms with van der Waals surface area (Å²) in [5.41, 5.74) is 0.873. The molecule has 3 nitrogen and oxygen atoms in total. The number of halogens is 1. The molecule has 17 heavy (non-hydrogen) atoms. The summed E-state index contributed by atoms with van der Waals surface area (Å²) in [4.78, 5) is 11.9. The molecule has 2 rings (SSSR count). The van der Waals surface area contributed by atoms with Crippen molar-refractivity contribution in [3.63, 3.8) is 0 Å². The molecule has 1 aromatic rings. The van der Waals surface area contributed by atoms with Gasteiger partial charge in [0, 0.05) is 18.2 Å². The van der Waals surface area contributed by atoms with E-state index in [0.29, 0.717) is 24.0 Å². The van der Waals surface area contributed by atoms with E-state index in [2.05, 4.69) is 0 Å². The maximum atomic E-state index is 11.9. The Labute approximate surface area is 106 Å². The predicted octanol–water partition coefficient (Wildman–Crippen LogP) is 2.98. The Morgan fingerprint density at radius 3 is 2.76 bits per heavy atom. The molecule has 0 aliphatic carbocycles. The second kappa shape index (κ2) is 5.52. The van der Waals surface area contributed by atoms with E-state index in [-0.39, 0.29) is 11.9 Å². The zero-order valence-electron chi connectivity index (χ0n) is 9.74. The van der Waals surface area contributed by atoms with E-state index in [0.717, 1.165) is 18.4 Å². The highest BCUT2D eigenvalue weighted by molar-refractivity contribution is 6.30. The minimum atomic E-state index is -0.168. The summed E-state index contributed by atoms with van der Waals surface area (Å²) in [5, 5.41) is 0.647. The standard InChI is InChI=1S/C13H15ClO3/c1-9-8-11(14)2-3-12(9)17-13(15)10-4-6-16-7-5-10/h2-3,8,10H,4-7H2,1H3. The maximum absolute atomic E-state index is 11.9. The van der Waals surface area contributed by atoms with Crippen molar-refractivity contribution in [3.8, 4) is 5.75 Å². The lowest BCUT2D eigenvalue weighted by Crippen LogP contribution is -2.27. The Morgan fingerprint density at radius 2 is 2.12 bits per heavy atom. The van der Waals surface area contributed by atoms with Crippen molar-refractivity contribution < 1.29 is 14.3 Å². The number of carbonyl (C=O) groups is 1. The Kier molecular flexibility index (Phi) is 4.02. The van der Waals surface area contributed by atoms with Crippen LogP contribution in [0.15, 0.2) is 18.2 Å². The van der Waals surface area contributed by atoms with Gasteiger partial charge in [-0.15, -0.1) is 0 Å². The van der Waals surface area contributed by atoms with Crippen LogP contribution in [-0.2, 0) is 9.53 Å². The summed E-state index contributed by atoms with van der Waals surface area (Å²) in [7, 11) is 0. The van der Waals surface area contributed by atoms with Gasteiger partial charge in [0.05, 0.1) is 5.92 Å². The molecule has 0 atom stereocenters. The number of hydrogen-bond acceptors (Lipinski definition) is 3. The molecule has 1 aliphatic heterocycles. The Bertz CT molecular complexity index is 411. The zero-order chi connectivity index (χ0) is 12.3. The molecule has 1 aromatic carbocycles. The molecule has 0 unspecified atom stereocenters. The molecule has 1 saturated heterocycles. The topological polar surface area (TPSA) is 35.5 Å². The van der Waals surface area contributed by atoms with Gasteiger partial charge >= 0.3 is 5.97 Å². The van der Waals surface area contributed by atoms with Crippen molar-refractivity contribution in [2.75, 3.05) is 13.2 Å². The van der Waals surface area contributed by atoms with E-state index < -0.39 is 0 Å². The molecular formula is C13H15ClO3. The highest BCUT2D eigenvalue weighted by Crippen LogP contribution is 2.24. The highest BCUT2D eigenvalue weighted by Gasteiger charge is 2.23. The van der Waals surface area contributed by atoms with E-state index in [1.807, 2.05) is 6.92 Å². The first-order chi connectivity index (χ1) is 8.16. The molecule has 1 heterocycles. The van der Waals surface area contributed by atoms with Gasteiger partial charge < -0.3 is 9.47 Å². The van der Waals surface area contributed by atoms with Crippen LogP contribution in [0.4, 0.5) is 0 Å². The normalized spacial score (nSPS) is 16.8. The smallest absolute Gasteiger partial charge is 0.314 e. The van der Waals surface area contributed by atoms with E-state index in [1.54, 1.807) is 18.2 Å². The van der Waals surface area contributed by atoms with Crippen LogP contribution in [0.25, 0.3) is 0 Å². The van der Waals surface area contributed by atoms with Gasteiger partial charge in [-0.1, -0.05) is 11.6 Å². The number of benzene rings is 1. The average Bonchev–Trinajstić information content (AvgIpc) is 2.34. The first-order valence-corrected chi connectivity index (χ1v) is 6.10. The van der Waals surface area contributed by atoms with Crippen molar-refractivity contribution in [3.05, 3.63) is 28.8 Å². The lowest BCUT2D eigenvalue weighted by molar-refractivity contribution is -0.142. The third-order valence-corrected chi connectivity index (χ3v) is 3.14.